The summed E-state index contributed by atoms with van der Waals surface area (Å²) in [6.45, 7) is 1.96. The van der Waals surface area contributed by atoms with Gasteiger partial charge >= 0.3 is 0 Å². The predicted molar refractivity (Wildman–Crippen MR) is 78.6 cm³/mol. The molecule has 0 spiro atoms. The van der Waals surface area contributed by atoms with E-state index in [0.29, 0.717) is 5.02 Å². The van der Waals surface area contributed by atoms with Gasteiger partial charge in [0.05, 0.1) is 10.5 Å². The maximum atomic E-state index is 9.38. The number of hydrogen-bond donors (Lipinski definition) is 1. The normalized spacial score (nSPS) is 10.8. The van der Waals surface area contributed by atoms with Gasteiger partial charge in [-0.25, -0.2) is 0 Å². The average Bonchev–Trinajstić information content (AvgIpc) is 2.40. The van der Waals surface area contributed by atoms with E-state index in [9.17, 15) is 5.11 Å². The van der Waals surface area contributed by atoms with Gasteiger partial charge in [0.1, 0.15) is 5.75 Å². The lowest BCUT2D eigenvalue weighted by Gasteiger charge is -2.09. The molecule has 0 aliphatic rings. The number of aromatic nitrogens is 1. The summed E-state index contributed by atoms with van der Waals surface area (Å²) in [6, 6.07) is 14.9. The van der Waals surface area contributed by atoms with Crippen LogP contribution in [0.15, 0.2) is 48.5 Å². The first-order chi connectivity index (χ1) is 9.15. The van der Waals surface area contributed by atoms with Crippen molar-refractivity contribution >= 4 is 22.5 Å². The molecular weight excluding hydrogens is 258 g/mol. The number of nitrogens with zero attached hydrogens (tertiary/aromatic N) is 1. The Morgan fingerprint density at radius 3 is 2.37 bits per heavy atom. The molecular formula is C16H12ClNO. The Balaban J connectivity index is 2.35. The second-order valence-electron chi connectivity index (χ2n) is 4.49. The number of benzene rings is 2. The summed E-state index contributed by atoms with van der Waals surface area (Å²) in [4.78, 5) is 4.59. The van der Waals surface area contributed by atoms with E-state index in [0.717, 1.165) is 27.7 Å². The number of phenols is 1. The van der Waals surface area contributed by atoms with Crippen LogP contribution in [0.4, 0.5) is 0 Å². The van der Waals surface area contributed by atoms with Crippen molar-refractivity contribution in [3.8, 4) is 16.9 Å². The highest BCUT2D eigenvalue weighted by Crippen LogP contribution is 2.34. The Bertz CT molecular complexity index is 745. The van der Waals surface area contributed by atoms with Crippen molar-refractivity contribution in [2.45, 2.75) is 6.92 Å². The van der Waals surface area contributed by atoms with Gasteiger partial charge in [-0.3, -0.25) is 4.98 Å². The van der Waals surface area contributed by atoms with Gasteiger partial charge in [0.2, 0.25) is 0 Å². The third-order valence-electron chi connectivity index (χ3n) is 3.11. The van der Waals surface area contributed by atoms with Crippen molar-refractivity contribution in [3.05, 3.63) is 59.2 Å². The van der Waals surface area contributed by atoms with Gasteiger partial charge < -0.3 is 5.11 Å². The predicted octanol–water partition coefficient (Wildman–Crippen LogP) is 4.57. The molecule has 0 saturated carbocycles. The first kappa shape index (κ1) is 12.0. The van der Waals surface area contributed by atoms with Crippen LogP contribution in [-0.4, -0.2) is 10.1 Å². The second kappa shape index (κ2) is 4.56. The highest BCUT2D eigenvalue weighted by atomic mass is 35.5. The summed E-state index contributed by atoms with van der Waals surface area (Å²) in [5.74, 6) is 0.240. The molecule has 0 radical (unpaired) electrons. The van der Waals surface area contributed by atoms with Crippen LogP contribution in [0.5, 0.6) is 5.75 Å². The second-order valence-corrected chi connectivity index (χ2v) is 4.90. The molecule has 0 atom stereocenters. The largest absolute Gasteiger partial charge is 0.508 e. The lowest BCUT2D eigenvalue weighted by molar-refractivity contribution is 0.475. The molecule has 19 heavy (non-hydrogen) atoms. The maximum absolute atomic E-state index is 9.38. The molecule has 1 heterocycles. The molecule has 0 aliphatic heterocycles. The summed E-state index contributed by atoms with van der Waals surface area (Å²) in [5.41, 5.74) is 3.70. The Morgan fingerprint density at radius 1 is 0.947 bits per heavy atom. The number of hydrogen-bond acceptors (Lipinski definition) is 2. The van der Waals surface area contributed by atoms with Crippen molar-refractivity contribution in [1.29, 1.82) is 0 Å². The van der Waals surface area contributed by atoms with Crippen LogP contribution >= 0.6 is 11.6 Å². The maximum Gasteiger partial charge on any atom is 0.115 e. The molecule has 0 saturated heterocycles. The number of aryl methyl sites for hydroxylation is 1. The molecule has 2 nitrogen and oxygen atoms in total. The third kappa shape index (κ3) is 2.15. The quantitative estimate of drug-likeness (QED) is 0.702. The van der Waals surface area contributed by atoms with Gasteiger partial charge in [0.15, 0.2) is 0 Å². The molecule has 0 bridgehead atoms. The van der Waals surface area contributed by atoms with Gasteiger partial charge in [0.25, 0.3) is 0 Å². The van der Waals surface area contributed by atoms with Crippen LogP contribution in [0.3, 0.4) is 0 Å². The number of fused-ring (bicyclic) bond motifs is 1. The van der Waals surface area contributed by atoms with E-state index in [4.69, 9.17) is 11.6 Å². The smallest absolute Gasteiger partial charge is 0.115 e. The van der Waals surface area contributed by atoms with Crippen LogP contribution in [0.2, 0.25) is 5.02 Å². The zero-order valence-electron chi connectivity index (χ0n) is 10.4. The van der Waals surface area contributed by atoms with Crippen molar-refractivity contribution in [3.63, 3.8) is 0 Å². The lowest BCUT2D eigenvalue weighted by Crippen LogP contribution is -1.88. The van der Waals surface area contributed by atoms with Gasteiger partial charge in [0, 0.05) is 16.6 Å². The third-order valence-corrected chi connectivity index (χ3v) is 3.42. The van der Waals surface area contributed by atoms with Gasteiger partial charge in [-0.15, -0.1) is 0 Å². The molecule has 0 aliphatic carbocycles. The Labute approximate surface area is 116 Å². The van der Waals surface area contributed by atoms with Crippen molar-refractivity contribution in [2.75, 3.05) is 0 Å². The molecule has 3 aromatic rings. The molecule has 3 rings (SSSR count). The van der Waals surface area contributed by atoms with E-state index in [1.54, 1.807) is 12.1 Å². The minimum Gasteiger partial charge on any atom is -0.508 e. The molecule has 0 fully saturated rings. The number of phenolic OH excluding ortho intramolecular Hbond substituents is 1. The fourth-order valence-electron chi connectivity index (χ4n) is 2.16. The molecule has 94 valence electrons. The van der Waals surface area contributed by atoms with Gasteiger partial charge in [-0.05, 0) is 36.8 Å². The zero-order valence-corrected chi connectivity index (χ0v) is 11.1. The van der Waals surface area contributed by atoms with E-state index >= 15 is 0 Å². The van der Waals surface area contributed by atoms with E-state index in [1.165, 1.54) is 0 Å². The number of rotatable bonds is 1. The molecule has 0 amide bonds. The van der Waals surface area contributed by atoms with Crippen LogP contribution < -0.4 is 0 Å². The van der Waals surface area contributed by atoms with Crippen molar-refractivity contribution in [2.24, 2.45) is 0 Å². The Kier molecular flexibility index (Phi) is 2.88. The molecule has 0 unspecified atom stereocenters. The fraction of sp³-hybridized carbons (Fsp3) is 0.0625. The summed E-state index contributed by atoms with van der Waals surface area (Å²) in [5, 5.41) is 11.1. The SMILES string of the molecule is Cc1ccc2ccc(Cl)c(-c3ccc(O)cc3)c2n1. The van der Waals surface area contributed by atoms with Crippen LogP contribution in [-0.2, 0) is 0 Å². The number of halogens is 1. The topological polar surface area (TPSA) is 33.1 Å². The minimum absolute atomic E-state index is 0.240. The van der Waals surface area contributed by atoms with E-state index in [-0.39, 0.29) is 5.75 Å². The molecule has 3 heteroatoms. The summed E-state index contributed by atoms with van der Waals surface area (Å²) in [6.07, 6.45) is 0. The highest BCUT2D eigenvalue weighted by molar-refractivity contribution is 6.34. The Hall–Kier alpha value is -2.06. The summed E-state index contributed by atoms with van der Waals surface area (Å²) >= 11 is 6.33. The van der Waals surface area contributed by atoms with Crippen LogP contribution in [0.25, 0.3) is 22.0 Å². The van der Waals surface area contributed by atoms with E-state index < -0.39 is 0 Å². The van der Waals surface area contributed by atoms with Crippen LogP contribution in [0.1, 0.15) is 5.69 Å². The summed E-state index contributed by atoms with van der Waals surface area (Å²) < 4.78 is 0. The summed E-state index contributed by atoms with van der Waals surface area (Å²) in [7, 11) is 0. The van der Waals surface area contributed by atoms with Gasteiger partial charge in [-0.1, -0.05) is 35.9 Å². The molecule has 1 aromatic heterocycles. The highest BCUT2D eigenvalue weighted by Gasteiger charge is 2.10. The zero-order chi connectivity index (χ0) is 13.4. The Morgan fingerprint density at radius 2 is 1.63 bits per heavy atom. The number of aromatic hydroxyl groups is 1. The standard InChI is InChI=1S/C16H12ClNO/c1-10-2-3-12-6-9-14(17)15(16(12)18-10)11-4-7-13(19)8-5-11/h2-9,19H,1H3. The monoisotopic (exact) mass is 269 g/mol. The minimum atomic E-state index is 0.240. The first-order valence-corrected chi connectivity index (χ1v) is 6.38. The van der Waals surface area contributed by atoms with Crippen molar-refractivity contribution in [1.82, 2.24) is 4.98 Å². The van der Waals surface area contributed by atoms with E-state index in [2.05, 4.69) is 4.98 Å². The average molecular weight is 270 g/mol. The molecule has 2 aromatic carbocycles. The molecule has 1 N–H and O–H groups in total. The van der Waals surface area contributed by atoms with Crippen LogP contribution in [0, 0.1) is 6.92 Å². The van der Waals surface area contributed by atoms with E-state index in [1.807, 2.05) is 43.3 Å². The lowest BCUT2D eigenvalue weighted by atomic mass is 10.0. The fourth-order valence-corrected chi connectivity index (χ4v) is 2.43. The number of pyridine rings is 1. The van der Waals surface area contributed by atoms with Crippen molar-refractivity contribution < 1.29 is 5.11 Å². The van der Waals surface area contributed by atoms with Gasteiger partial charge in [-0.2, -0.15) is 0 Å². The first-order valence-electron chi connectivity index (χ1n) is 6.00.